The highest BCUT2D eigenvalue weighted by molar-refractivity contribution is 7.98. The Balaban J connectivity index is 2.11. The van der Waals surface area contributed by atoms with E-state index in [9.17, 15) is 0 Å². The van der Waals surface area contributed by atoms with Crippen LogP contribution in [-0.2, 0) is 4.74 Å². The smallest absolute Gasteiger partial charge is 0.221 e. The lowest BCUT2D eigenvalue weighted by atomic mass is 10.3. The Kier molecular flexibility index (Phi) is 3.10. The molecule has 0 saturated carbocycles. The van der Waals surface area contributed by atoms with Crippen LogP contribution in [0.1, 0.15) is 6.42 Å². The molecule has 0 aliphatic carbocycles. The van der Waals surface area contributed by atoms with E-state index in [1.165, 1.54) is 11.8 Å². The van der Waals surface area contributed by atoms with Crippen molar-refractivity contribution in [3.05, 3.63) is 11.2 Å². The molecule has 0 N–H and O–H groups in total. The molecule has 2 rings (SSSR count). The van der Waals surface area contributed by atoms with Crippen molar-refractivity contribution in [2.45, 2.75) is 17.9 Å². The van der Waals surface area contributed by atoms with Gasteiger partial charge >= 0.3 is 0 Å². The fraction of sp³-hybridized carbons (Fsp3) is 0.500. The van der Waals surface area contributed by atoms with Crippen molar-refractivity contribution in [3.8, 4) is 5.88 Å². The molecular weight excluding hydrogens is 224 g/mol. The lowest BCUT2D eigenvalue weighted by Gasteiger charge is -2.26. The number of hydrogen-bond acceptors (Lipinski definition) is 5. The van der Waals surface area contributed by atoms with Crippen LogP contribution in [0.4, 0.5) is 0 Å². The van der Waals surface area contributed by atoms with Crippen LogP contribution in [0.3, 0.4) is 0 Å². The molecule has 0 amide bonds. The van der Waals surface area contributed by atoms with E-state index >= 15 is 0 Å². The zero-order valence-corrected chi connectivity index (χ0v) is 9.14. The lowest BCUT2D eigenvalue weighted by molar-refractivity contribution is -0.167. The standard InChI is InChI=1S/C8H9ClN2O2S/c1-14-8-10-5(9)4-6(11-8)13-7-2-3-12-7/h4,7H,2-3H2,1H3. The van der Waals surface area contributed by atoms with Crippen LogP contribution >= 0.6 is 23.4 Å². The summed E-state index contributed by atoms with van der Waals surface area (Å²) < 4.78 is 10.5. The predicted molar refractivity (Wildman–Crippen MR) is 53.8 cm³/mol. The molecule has 0 radical (unpaired) electrons. The predicted octanol–water partition coefficient (Wildman–Crippen LogP) is 1.98. The van der Waals surface area contributed by atoms with Gasteiger partial charge in [-0.2, -0.15) is 4.98 Å². The minimum atomic E-state index is -0.171. The van der Waals surface area contributed by atoms with Gasteiger partial charge in [0, 0.05) is 12.5 Å². The van der Waals surface area contributed by atoms with Crippen LogP contribution in [0.15, 0.2) is 11.2 Å². The summed E-state index contributed by atoms with van der Waals surface area (Å²) in [5.74, 6) is 0.471. The van der Waals surface area contributed by atoms with Crippen LogP contribution < -0.4 is 4.74 Å². The Morgan fingerprint density at radius 1 is 1.64 bits per heavy atom. The number of aromatic nitrogens is 2. The third-order valence-corrected chi connectivity index (χ3v) is 2.48. The van der Waals surface area contributed by atoms with Gasteiger partial charge in [-0.1, -0.05) is 23.4 Å². The minimum Gasteiger partial charge on any atom is -0.448 e. The molecule has 14 heavy (non-hydrogen) atoms. The van der Waals surface area contributed by atoms with Gasteiger partial charge < -0.3 is 9.47 Å². The molecule has 2 heterocycles. The first-order valence-corrected chi connectivity index (χ1v) is 5.75. The van der Waals surface area contributed by atoms with Gasteiger partial charge in [0.05, 0.1) is 6.61 Å². The Labute approximate surface area is 91.0 Å². The largest absolute Gasteiger partial charge is 0.448 e. The Morgan fingerprint density at radius 2 is 2.43 bits per heavy atom. The summed E-state index contributed by atoms with van der Waals surface area (Å²) in [7, 11) is 0. The number of nitrogens with zero attached hydrogens (tertiary/aromatic N) is 2. The molecule has 4 nitrogen and oxygen atoms in total. The average molecular weight is 233 g/mol. The van der Waals surface area contributed by atoms with Crippen molar-refractivity contribution < 1.29 is 9.47 Å². The maximum Gasteiger partial charge on any atom is 0.221 e. The topological polar surface area (TPSA) is 44.2 Å². The first-order valence-electron chi connectivity index (χ1n) is 4.15. The van der Waals surface area contributed by atoms with Gasteiger partial charge in [0.2, 0.25) is 12.2 Å². The fourth-order valence-corrected chi connectivity index (χ4v) is 1.56. The van der Waals surface area contributed by atoms with E-state index in [4.69, 9.17) is 21.1 Å². The Morgan fingerprint density at radius 3 is 3.00 bits per heavy atom. The molecule has 0 spiro atoms. The third-order valence-electron chi connectivity index (χ3n) is 1.74. The van der Waals surface area contributed by atoms with E-state index in [0.717, 1.165) is 13.0 Å². The molecular formula is C8H9ClN2O2S. The van der Waals surface area contributed by atoms with Gasteiger partial charge in [-0.05, 0) is 6.26 Å². The molecule has 0 aromatic carbocycles. The third kappa shape index (κ3) is 2.29. The molecule has 1 atom stereocenters. The first-order chi connectivity index (χ1) is 6.78. The second kappa shape index (κ2) is 4.33. The second-order valence-corrected chi connectivity index (χ2v) is 3.88. The summed E-state index contributed by atoms with van der Waals surface area (Å²) >= 11 is 7.21. The van der Waals surface area contributed by atoms with Crippen LogP contribution in [-0.4, -0.2) is 29.1 Å². The van der Waals surface area contributed by atoms with Crippen LogP contribution in [0, 0.1) is 0 Å². The van der Waals surface area contributed by atoms with Gasteiger partial charge in [-0.25, -0.2) is 4.98 Å². The molecule has 1 aliphatic rings. The zero-order chi connectivity index (χ0) is 9.97. The van der Waals surface area contributed by atoms with Crippen molar-refractivity contribution in [2.24, 2.45) is 0 Å². The summed E-state index contributed by atoms with van der Waals surface area (Å²) in [5.41, 5.74) is 0. The number of hydrogen-bond donors (Lipinski definition) is 0. The summed E-state index contributed by atoms with van der Waals surface area (Å²) in [6.07, 6.45) is 2.61. The minimum absolute atomic E-state index is 0.171. The van der Waals surface area contributed by atoms with Crippen molar-refractivity contribution in [3.63, 3.8) is 0 Å². The highest BCUT2D eigenvalue weighted by Crippen LogP contribution is 2.22. The van der Waals surface area contributed by atoms with Gasteiger partial charge in [0.25, 0.3) is 0 Å². The molecule has 6 heteroatoms. The summed E-state index contributed by atoms with van der Waals surface area (Å²) in [6.45, 7) is 0.749. The number of thioether (sulfide) groups is 1. The summed E-state index contributed by atoms with van der Waals surface area (Å²) in [6, 6.07) is 1.59. The maximum absolute atomic E-state index is 5.79. The molecule has 1 unspecified atom stereocenters. The average Bonchev–Trinajstić information content (AvgIpc) is 2.10. The van der Waals surface area contributed by atoms with Crippen molar-refractivity contribution in [1.82, 2.24) is 9.97 Å². The zero-order valence-electron chi connectivity index (χ0n) is 7.57. The van der Waals surface area contributed by atoms with E-state index < -0.39 is 0 Å². The van der Waals surface area contributed by atoms with Crippen molar-refractivity contribution >= 4 is 23.4 Å². The van der Waals surface area contributed by atoms with E-state index in [-0.39, 0.29) is 6.29 Å². The van der Waals surface area contributed by atoms with Gasteiger partial charge in [-0.15, -0.1) is 0 Å². The Bertz CT molecular complexity index is 333. The van der Waals surface area contributed by atoms with Crippen LogP contribution in [0.25, 0.3) is 0 Å². The molecule has 1 aromatic heterocycles. The molecule has 1 saturated heterocycles. The van der Waals surface area contributed by atoms with Crippen molar-refractivity contribution in [1.29, 1.82) is 0 Å². The second-order valence-electron chi connectivity index (χ2n) is 2.72. The first kappa shape index (κ1) is 10.0. The van der Waals surface area contributed by atoms with E-state index in [0.29, 0.717) is 16.2 Å². The van der Waals surface area contributed by atoms with E-state index in [1.807, 2.05) is 6.26 Å². The maximum atomic E-state index is 5.79. The molecule has 0 bridgehead atoms. The lowest BCUT2D eigenvalue weighted by Crippen LogP contribution is -2.32. The highest BCUT2D eigenvalue weighted by Gasteiger charge is 2.20. The quantitative estimate of drug-likeness (QED) is 0.453. The van der Waals surface area contributed by atoms with E-state index in [2.05, 4.69) is 9.97 Å². The van der Waals surface area contributed by atoms with Gasteiger partial charge in [-0.3, -0.25) is 0 Å². The molecule has 1 aromatic rings. The molecule has 76 valence electrons. The molecule has 1 aliphatic heterocycles. The molecule has 1 fully saturated rings. The number of ether oxygens (including phenoxy) is 2. The van der Waals surface area contributed by atoms with Gasteiger partial charge in [0.15, 0.2) is 5.16 Å². The number of rotatable bonds is 3. The SMILES string of the molecule is CSc1nc(Cl)cc(OC2CCO2)n1. The van der Waals surface area contributed by atoms with Gasteiger partial charge in [0.1, 0.15) is 5.15 Å². The number of halogens is 1. The Hall–Kier alpha value is -0.520. The fourth-order valence-electron chi connectivity index (χ4n) is 0.970. The highest BCUT2D eigenvalue weighted by atomic mass is 35.5. The summed E-state index contributed by atoms with van der Waals surface area (Å²) in [5, 5.41) is 0.991. The summed E-state index contributed by atoms with van der Waals surface area (Å²) in [4.78, 5) is 8.14. The monoisotopic (exact) mass is 232 g/mol. The van der Waals surface area contributed by atoms with Crippen LogP contribution in [0.5, 0.6) is 5.88 Å². The van der Waals surface area contributed by atoms with E-state index in [1.54, 1.807) is 6.07 Å². The normalized spacial score (nSPS) is 20.3. The van der Waals surface area contributed by atoms with Crippen molar-refractivity contribution in [2.75, 3.05) is 12.9 Å². The van der Waals surface area contributed by atoms with Crippen LogP contribution in [0.2, 0.25) is 5.15 Å².